The van der Waals surface area contributed by atoms with Crippen LogP contribution in [0.15, 0.2) is 53.9 Å². The van der Waals surface area contributed by atoms with Crippen LogP contribution >= 0.6 is 11.3 Å². The van der Waals surface area contributed by atoms with Gasteiger partial charge in [0.25, 0.3) is 5.91 Å². The minimum absolute atomic E-state index is 0.199. The van der Waals surface area contributed by atoms with E-state index in [4.69, 9.17) is 9.47 Å². The number of hydrogen-bond acceptors (Lipinski definition) is 6. The van der Waals surface area contributed by atoms with Gasteiger partial charge in [0.15, 0.2) is 12.3 Å². The second kappa shape index (κ2) is 9.84. The molecule has 2 aromatic carbocycles. The maximum absolute atomic E-state index is 12.2. The third-order valence-electron chi connectivity index (χ3n) is 4.28. The normalized spacial score (nSPS) is 10.4. The summed E-state index contributed by atoms with van der Waals surface area (Å²) in [6.07, 6.45) is 0.968. The highest BCUT2D eigenvalue weighted by Crippen LogP contribution is 2.24. The van der Waals surface area contributed by atoms with Crippen LogP contribution in [-0.2, 0) is 22.5 Å². The molecule has 0 atom stereocenters. The van der Waals surface area contributed by atoms with E-state index in [9.17, 15) is 9.59 Å². The van der Waals surface area contributed by atoms with E-state index in [0.29, 0.717) is 12.3 Å². The van der Waals surface area contributed by atoms with E-state index in [1.807, 2.05) is 48.5 Å². The molecule has 150 valence electrons. The zero-order chi connectivity index (χ0) is 20.6. The highest BCUT2D eigenvalue weighted by molar-refractivity contribution is 7.13. The van der Waals surface area contributed by atoms with Crippen molar-refractivity contribution >= 4 is 23.2 Å². The highest BCUT2D eigenvalue weighted by Gasteiger charge is 2.15. The Balaban J connectivity index is 1.50. The van der Waals surface area contributed by atoms with Gasteiger partial charge in [-0.05, 0) is 29.7 Å². The van der Waals surface area contributed by atoms with Crippen molar-refractivity contribution in [3.8, 4) is 16.3 Å². The van der Waals surface area contributed by atoms with Crippen molar-refractivity contribution in [2.75, 3.05) is 13.7 Å². The molecule has 0 unspecified atom stereocenters. The molecule has 1 amide bonds. The quantitative estimate of drug-likeness (QED) is 0.571. The predicted molar refractivity (Wildman–Crippen MR) is 112 cm³/mol. The summed E-state index contributed by atoms with van der Waals surface area (Å²) >= 11 is 1.37. The lowest BCUT2D eigenvalue weighted by Crippen LogP contribution is -2.28. The number of methoxy groups -OCH3 is 1. The molecule has 0 saturated heterocycles. The molecule has 0 bridgehead atoms. The molecular weight excluding hydrogens is 388 g/mol. The largest absolute Gasteiger partial charge is 0.497 e. The first-order chi connectivity index (χ1) is 14.1. The number of carbonyl (C=O) groups is 2. The minimum atomic E-state index is -0.616. The number of carbonyl (C=O) groups excluding carboxylic acids is 2. The Bertz CT molecular complexity index is 982. The second-order valence-corrected chi connectivity index (χ2v) is 7.15. The number of amides is 1. The van der Waals surface area contributed by atoms with Gasteiger partial charge < -0.3 is 14.8 Å². The van der Waals surface area contributed by atoms with Gasteiger partial charge in [0.2, 0.25) is 0 Å². The van der Waals surface area contributed by atoms with Crippen LogP contribution in [0.4, 0.5) is 0 Å². The number of nitrogens with zero attached hydrogens (tertiary/aromatic N) is 1. The van der Waals surface area contributed by atoms with Crippen LogP contribution in [0.2, 0.25) is 0 Å². The Kier molecular flexibility index (Phi) is 6.97. The van der Waals surface area contributed by atoms with Gasteiger partial charge in [0, 0.05) is 17.5 Å². The van der Waals surface area contributed by atoms with E-state index >= 15 is 0 Å². The van der Waals surface area contributed by atoms with Crippen molar-refractivity contribution in [3.63, 3.8) is 0 Å². The third kappa shape index (κ3) is 5.65. The van der Waals surface area contributed by atoms with Gasteiger partial charge >= 0.3 is 5.97 Å². The molecule has 0 aliphatic heterocycles. The third-order valence-corrected chi connectivity index (χ3v) is 5.17. The molecule has 0 fully saturated rings. The molecule has 3 rings (SSSR count). The average Bonchev–Trinajstić information content (AvgIpc) is 3.26. The first-order valence-corrected chi connectivity index (χ1v) is 10.1. The number of ether oxygens (including phenoxy) is 2. The fourth-order valence-corrected chi connectivity index (χ4v) is 3.42. The summed E-state index contributed by atoms with van der Waals surface area (Å²) in [6, 6.07) is 15.4. The summed E-state index contributed by atoms with van der Waals surface area (Å²) in [7, 11) is 1.58. The Morgan fingerprint density at radius 2 is 1.90 bits per heavy atom. The number of thiazole rings is 1. The van der Waals surface area contributed by atoms with Crippen molar-refractivity contribution in [1.29, 1.82) is 0 Å². The molecule has 1 N–H and O–H groups in total. The minimum Gasteiger partial charge on any atom is -0.497 e. The van der Waals surface area contributed by atoms with Crippen LogP contribution in [0.1, 0.15) is 28.5 Å². The van der Waals surface area contributed by atoms with E-state index in [1.165, 1.54) is 16.9 Å². The van der Waals surface area contributed by atoms with E-state index in [0.717, 1.165) is 22.6 Å². The molecule has 6 nitrogen and oxygen atoms in total. The van der Waals surface area contributed by atoms with E-state index in [1.54, 1.807) is 12.5 Å². The van der Waals surface area contributed by atoms with Crippen molar-refractivity contribution < 1.29 is 19.1 Å². The van der Waals surface area contributed by atoms with Gasteiger partial charge in [-0.1, -0.05) is 43.3 Å². The second-order valence-electron chi connectivity index (χ2n) is 6.29. The lowest BCUT2D eigenvalue weighted by Gasteiger charge is -2.07. The summed E-state index contributed by atoms with van der Waals surface area (Å²) in [5.74, 6) is -0.284. The topological polar surface area (TPSA) is 77.5 Å². The van der Waals surface area contributed by atoms with Gasteiger partial charge in [0.1, 0.15) is 10.8 Å². The standard InChI is InChI=1S/C22H22N2O4S/c1-3-15-7-9-17(10-8-15)21-24-19(14-29-21)22(26)28-13-20(25)23-12-16-5-4-6-18(11-16)27-2/h4-11,14H,3,12-13H2,1-2H3,(H,23,25). The molecule has 0 aliphatic rings. The van der Waals surface area contributed by atoms with Gasteiger partial charge in [0.05, 0.1) is 7.11 Å². The summed E-state index contributed by atoms with van der Waals surface area (Å²) < 4.78 is 10.2. The average molecular weight is 410 g/mol. The molecule has 3 aromatic rings. The molecular formula is C22H22N2O4S. The van der Waals surface area contributed by atoms with E-state index in [2.05, 4.69) is 17.2 Å². The Morgan fingerprint density at radius 1 is 1.10 bits per heavy atom. The fraction of sp³-hybridized carbons (Fsp3) is 0.227. The van der Waals surface area contributed by atoms with Crippen molar-refractivity contribution in [2.45, 2.75) is 19.9 Å². The van der Waals surface area contributed by atoms with Crippen molar-refractivity contribution in [2.24, 2.45) is 0 Å². The smallest absolute Gasteiger partial charge is 0.358 e. The van der Waals surface area contributed by atoms with Crippen molar-refractivity contribution in [3.05, 3.63) is 70.7 Å². The fourth-order valence-electron chi connectivity index (χ4n) is 2.62. The number of aryl methyl sites for hydroxylation is 1. The molecule has 7 heteroatoms. The molecule has 29 heavy (non-hydrogen) atoms. The SMILES string of the molecule is CCc1ccc(-c2nc(C(=O)OCC(=O)NCc3cccc(OC)c3)cs2)cc1. The van der Waals surface area contributed by atoms with Crippen LogP contribution < -0.4 is 10.1 Å². The number of rotatable bonds is 8. The van der Waals surface area contributed by atoms with Crippen LogP contribution in [0.3, 0.4) is 0 Å². The zero-order valence-corrected chi connectivity index (χ0v) is 17.1. The molecule has 0 saturated carbocycles. The first kappa shape index (κ1) is 20.5. The Labute approximate surface area is 173 Å². The highest BCUT2D eigenvalue weighted by atomic mass is 32.1. The van der Waals surface area contributed by atoms with Crippen LogP contribution in [0.5, 0.6) is 5.75 Å². The Morgan fingerprint density at radius 3 is 2.62 bits per heavy atom. The first-order valence-electron chi connectivity index (χ1n) is 9.20. The predicted octanol–water partition coefficient (Wildman–Crippen LogP) is 3.85. The molecule has 0 spiro atoms. The zero-order valence-electron chi connectivity index (χ0n) is 16.3. The van der Waals surface area contributed by atoms with Gasteiger partial charge in [-0.2, -0.15) is 0 Å². The van der Waals surface area contributed by atoms with E-state index in [-0.39, 0.29) is 18.2 Å². The number of hydrogen-bond donors (Lipinski definition) is 1. The number of benzene rings is 2. The molecule has 0 aliphatic carbocycles. The monoisotopic (exact) mass is 410 g/mol. The summed E-state index contributed by atoms with van der Waals surface area (Å²) in [5.41, 5.74) is 3.28. The molecule has 0 radical (unpaired) electrons. The van der Waals surface area contributed by atoms with Crippen LogP contribution in [0, 0.1) is 0 Å². The van der Waals surface area contributed by atoms with Crippen molar-refractivity contribution in [1.82, 2.24) is 10.3 Å². The lowest BCUT2D eigenvalue weighted by molar-refractivity contribution is -0.124. The van der Waals surface area contributed by atoms with E-state index < -0.39 is 5.97 Å². The van der Waals surface area contributed by atoms with Gasteiger partial charge in [-0.15, -0.1) is 11.3 Å². The summed E-state index contributed by atoms with van der Waals surface area (Å²) in [6.45, 7) is 2.06. The van der Waals surface area contributed by atoms with Gasteiger partial charge in [-0.25, -0.2) is 9.78 Å². The summed E-state index contributed by atoms with van der Waals surface area (Å²) in [4.78, 5) is 28.5. The van der Waals surface area contributed by atoms with Crippen LogP contribution in [-0.4, -0.2) is 30.6 Å². The number of nitrogens with one attached hydrogen (secondary N) is 1. The van der Waals surface area contributed by atoms with Crippen LogP contribution in [0.25, 0.3) is 10.6 Å². The lowest BCUT2D eigenvalue weighted by atomic mass is 10.1. The summed E-state index contributed by atoms with van der Waals surface area (Å²) in [5, 5.41) is 5.09. The molecule has 1 aromatic heterocycles. The maximum atomic E-state index is 12.2. The molecule has 1 heterocycles. The number of esters is 1. The number of aromatic nitrogens is 1. The van der Waals surface area contributed by atoms with Gasteiger partial charge in [-0.3, -0.25) is 4.79 Å². The maximum Gasteiger partial charge on any atom is 0.358 e. The Hall–Kier alpha value is -3.19.